The van der Waals surface area contributed by atoms with E-state index in [0.29, 0.717) is 12.5 Å². The summed E-state index contributed by atoms with van der Waals surface area (Å²) in [6, 6.07) is -0.0972. The molecule has 0 bridgehead atoms. The van der Waals surface area contributed by atoms with Crippen LogP contribution in [-0.2, 0) is 4.74 Å². The molecule has 0 radical (unpaired) electrons. The Bertz CT molecular complexity index is 187. The van der Waals surface area contributed by atoms with Crippen LogP contribution in [0.1, 0.15) is 19.3 Å². The first-order valence-corrected chi connectivity index (χ1v) is 5.40. The van der Waals surface area contributed by atoms with E-state index in [1.807, 2.05) is 0 Å². The maximum absolute atomic E-state index is 11.3. The smallest absolute Gasteiger partial charge is 0.410 e. The van der Waals surface area contributed by atoms with Crippen molar-refractivity contribution in [2.75, 3.05) is 25.8 Å². The van der Waals surface area contributed by atoms with Crippen molar-refractivity contribution in [1.82, 2.24) is 4.90 Å². The summed E-state index contributed by atoms with van der Waals surface area (Å²) in [6.45, 7) is 1.59. The molecular weight excluding hydrogens is 206 g/mol. The summed E-state index contributed by atoms with van der Waals surface area (Å²) in [6.07, 6.45) is 2.46. The van der Waals surface area contributed by atoms with Crippen molar-refractivity contribution < 1.29 is 14.6 Å². The normalized spacial score (nSPS) is 22.1. The molecule has 1 amide bonds. The molecule has 14 heavy (non-hydrogen) atoms. The van der Waals surface area contributed by atoms with Crippen molar-refractivity contribution in [1.29, 1.82) is 0 Å². The van der Waals surface area contributed by atoms with E-state index in [-0.39, 0.29) is 18.8 Å². The predicted molar refractivity (Wildman–Crippen MR) is 53.2 cm³/mol. The van der Waals surface area contributed by atoms with Crippen molar-refractivity contribution in [3.63, 3.8) is 0 Å². The molecular formula is C9H16ClNO3. The van der Waals surface area contributed by atoms with Gasteiger partial charge in [-0.1, -0.05) is 11.6 Å². The highest BCUT2D eigenvalue weighted by molar-refractivity contribution is 6.17. The van der Waals surface area contributed by atoms with Gasteiger partial charge in [-0.25, -0.2) is 4.79 Å². The summed E-state index contributed by atoms with van der Waals surface area (Å²) in [5.74, 6) is 0.400. The minimum atomic E-state index is -0.345. The van der Waals surface area contributed by atoms with Gasteiger partial charge in [0.2, 0.25) is 0 Å². The van der Waals surface area contributed by atoms with Gasteiger partial charge in [-0.3, -0.25) is 0 Å². The van der Waals surface area contributed by atoms with Crippen LogP contribution in [0.2, 0.25) is 0 Å². The lowest BCUT2D eigenvalue weighted by atomic mass is 9.95. The topological polar surface area (TPSA) is 49.8 Å². The molecule has 1 aliphatic heterocycles. The Balaban J connectivity index is 2.35. The third-order valence-corrected chi connectivity index (χ3v) is 2.60. The molecule has 0 aromatic heterocycles. The van der Waals surface area contributed by atoms with Gasteiger partial charge >= 0.3 is 6.09 Å². The van der Waals surface area contributed by atoms with Crippen molar-refractivity contribution >= 4 is 17.7 Å². The van der Waals surface area contributed by atoms with Crippen LogP contribution in [0.3, 0.4) is 0 Å². The number of ether oxygens (including phenoxy) is 1. The minimum absolute atomic E-state index is 0.0972. The number of amides is 1. The van der Waals surface area contributed by atoms with Gasteiger partial charge in [0.15, 0.2) is 6.07 Å². The molecule has 0 aliphatic carbocycles. The van der Waals surface area contributed by atoms with Crippen LogP contribution in [0, 0.1) is 5.92 Å². The maximum Gasteiger partial charge on any atom is 0.410 e. The van der Waals surface area contributed by atoms with Crippen molar-refractivity contribution in [3.05, 3.63) is 0 Å². The predicted octanol–water partition coefficient (Wildman–Crippen LogP) is 1.41. The third-order valence-electron chi connectivity index (χ3n) is 2.49. The van der Waals surface area contributed by atoms with E-state index in [1.54, 1.807) is 4.90 Å². The van der Waals surface area contributed by atoms with Crippen LogP contribution in [-0.4, -0.2) is 41.9 Å². The standard InChI is InChI=1S/C9H16ClNO3/c10-7-14-9(13)11-4-1-2-8(6-11)3-5-12/h8,12H,1-7H2. The van der Waals surface area contributed by atoms with Crippen LogP contribution in [0.5, 0.6) is 0 Å². The zero-order valence-corrected chi connectivity index (χ0v) is 8.87. The van der Waals surface area contributed by atoms with Gasteiger partial charge in [0.25, 0.3) is 0 Å². The number of halogens is 1. The number of rotatable bonds is 3. The van der Waals surface area contributed by atoms with Gasteiger partial charge in [-0.15, -0.1) is 0 Å². The zero-order chi connectivity index (χ0) is 10.4. The van der Waals surface area contributed by atoms with Crippen LogP contribution in [0.4, 0.5) is 4.79 Å². The monoisotopic (exact) mass is 221 g/mol. The highest BCUT2D eigenvalue weighted by Gasteiger charge is 2.23. The molecule has 1 heterocycles. The van der Waals surface area contributed by atoms with Gasteiger partial charge < -0.3 is 14.7 Å². The molecule has 4 nitrogen and oxygen atoms in total. The van der Waals surface area contributed by atoms with Crippen LogP contribution in [0.25, 0.3) is 0 Å². The molecule has 0 spiro atoms. The molecule has 1 atom stereocenters. The molecule has 1 rings (SSSR count). The van der Waals surface area contributed by atoms with E-state index in [0.717, 1.165) is 25.8 Å². The van der Waals surface area contributed by atoms with Crippen molar-refractivity contribution in [2.24, 2.45) is 5.92 Å². The lowest BCUT2D eigenvalue weighted by molar-refractivity contribution is 0.0917. The molecule has 1 aliphatic rings. The van der Waals surface area contributed by atoms with Gasteiger partial charge in [-0.2, -0.15) is 0 Å². The number of hydrogen-bond acceptors (Lipinski definition) is 3. The van der Waals surface area contributed by atoms with Gasteiger partial charge in [0.05, 0.1) is 0 Å². The quantitative estimate of drug-likeness (QED) is 0.734. The second-order valence-corrected chi connectivity index (χ2v) is 3.70. The van der Waals surface area contributed by atoms with Crippen LogP contribution in [0.15, 0.2) is 0 Å². The molecule has 1 unspecified atom stereocenters. The second kappa shape index (κ2) is 6.09. The largest absolute Gasteiger partial charge is 0.433 e. The number of piperidine rings is 1. The summed E-state index contributed by atoms with van der Waals surface area (Å²) >= 11 is 5.30. The fourth-order valence-corrected chi connectivity index (χ4v) is 1.88. The van der Waals surface area contributed by atoms with E-state index in [2.05, 4.69) is 0 Å². The Labute approximate surface area is 88.8 Å². The first kappa shape index (κ1) is 11.6. The number of aliphatic hydroxyl groups is 1. The number of carbonyl (C=O) groups is 1. The number of carbonyl (C=O) groups excluding carboxylic acids is 1. The number of nitrogens with zero attached hydrogens (tertiary/aromatic N) is 1. The summed E-state index contributed by atoms with van der Waals surface area (Å²) in [5, 5.41) is 8.79. The van der Waals surface area contributed by atoms with Crippen molar-refractivity contribution in [2.45, 2.75) is 19.3 Å². The summed E-state index contributed by atoms with van der Waals surface area (Å²) in [4.78, 5) is 13.0. The van der Waals surface area contributed by atoms with E-state index in [4.69, 9.17) is 21.4 Å². The fourth-order valence-electron chi connectivity index (χ4n) is 1.79. The van der Waals surface area contributed by atoms with Crippen molar-refractivity contribution in [3.8, 4) is 0 Å². The Morgan fingerprint density at radius 2 is 2.43 bits per heavy atom. The molecule has 1 saturated heterocycles. The first-order valence-electron chi connectivity index (χ1n) is 4.86. The number of likely N-dealkylation sites (tertiary alicyclic amines) is 1. The van der Waals surface area contributed by atoms with E-state index >= 15 is 0 Å². The fraction of sp³-hybridized carbons (Fsp3) is 0.889. The molecule has 1 N–H and O–H groups in total. The number of alkyl halides is 1. The van der Waals surface area contributed by atoms with Crippen LogP contribution < -0.4 is 0 Å². The molecule has 0 saturated carbocycles. The van der Waals surface area contributed by atoms with E-state index in [9.17, 15) is 4.79 Å². The molecule has 0 aromatic carbocycles. The molecule has 0 aromatic rings. The molecule has 5 heteroatoms. The van der Waals surface area contributed by atoms with Crippen LogP contribution >= 0.6 is 11.6 Å². The van der Waals surface area contributed by atoms with E-state index in [1.165, 1.54) is 0 Å². The number of aliphatic hydroxyl groups excluding tert-OH is 1. The summed E-state index contributed by atoms with van der Waals surface area (Å²) in [7, 11) is 0. The minimum Gasteiger partial charge on any atom is -0.433 e. The first-order chi connectivity index (χ1) is 6.77. The Hall–Kier alpha value is -0.480. The average Bonchev–Trinajstić information content (AvgIpc) is 2.19. The Morgan fingerprint density at radius 1 is 1.64 bits per heavy atom. The summed E-state index contributed by atoms with van der Waals surface area (Å²) in [5.41, 5.74) is 0. The molecule has 1 fully saturated rings. The number of hydrogen-bond donors (Lipinski definition) is 1. The van der Waals surface area contributed by atoms with Gasteiger partial charge in [-0.05, 0) is 25.2 Å². The Morgan fingerprint density at radius 3 is 3.07 bits per heavy atom. The average molecular weight is 222 g/mol. The third kappa shape index (κ3) is 3.35. The lowest BCUT2D eigenvalue weighted by Gasteiger charge is -2.31. The van der Waals surface area contributed by atoms with E-state index < -0.39 is 0 Å². The highest BCUT2D eigenvalue weighted by atomic mass is 35.5. The Kier molecular flexibility index (Phi) is 5.04. The lowest BCUT2D eigenvalue weighted by Crippen LogP contribution is -2.40. The molecule has 82 valence electrons. The summed E-state index contributed by atoms with van der Waals surface area (Å²) < 4.78 is 4.70. The SMILES string of the molecule is O=C(OCCl)N1CCCC(CCO)C1. The van der Waals surface area contributed by atoms with Gasteiger partial charge in [0.1, 0.15) is 0 Å². The van der Waals surface area contributed by atoms with Gasteiger partial charge in [0, 0.05) is 19.7 Å². The second-order valence-electron chi connectivity index (χ2n) is 3.49. The maximum atomic E-state index is 11.3. The zero-order valence-electron chi connectivity index (χ0n) is 8.12. The highest BCUT2D eigenvalue weighted by Crippen LogP contribution is 2.19.